The zero-order valence-electron chi connectivity index (χ0n) is 13.7. The van der Waals surface area contributed by atoms with Gasteiger partial charge in [0.15, 0.2) is 0 Å². The molecule has 0 aromatic heterocycles. The van der Waals surface area contributed by atoms with E-state index in [0.29, 0.717) is 18.4 Å². The first kappa shape index (κ1) is 16.3. The molecule has 1 saturated heterocycles. The molecule has 6 heteroatoms. The van der Waals surface area contributed by atoms with Gasteiger partial charge in [-0.05, 0) is 24.3 Å². The maximum Gasteiger partial charge on any atom is 0.268 e. The van der Waals surface area contributed by atoms with E-state index in [1.807, 2.05) is 18.2 Å². The van der Waals surface area contributed by atoms with Gasteiger partial charge in [-0.15, -0.1) is 0 Å². The lowest BCUT2D eigenvalue weighted by molar-refractivity contribution is -0.172. The van der Waals surface area contributed by atoms with Crippen molar-refractivity contribution in [3.63, 3.8) is 0 Å². The zero-order valence-corrected chi connectivity index (χ0v) is 13.7. The second-order valence-corrected chi connectivity index (χ2v) is 5.86. The second-order valence-electron chi connectivity index (χ2n) is 5.86. The number of hydrogen-bond donors (Lipinski definition) is 1. The van der Waals surface area contributed by atoms with Crippen molar-refractivity contribution in [2.75, 3.05) is 20.7 Å². The summed E-state index contributed by atoms with van der Waals surface area (Å²) in [5, 5.41) is 13.1. The van der Waals surface area contributed by atoms with Gasteiger partial charge in [-0.2, -0.15) is 0 Å². The highest BCUT2D eigenvalue weighted by Crippen LogP contribution is 2.31. The maximum absolute atomic E-state index is 12.9. The molecule has 0 aliphatic carbocycles. The van der Waals surface area contributed by atoms with Gasteiger partial charge < -0.3 is 10.0 Å². The number of carbonyl (C=O) groups excluding carboxylic acids is 2. The minimum atomic E-state index is -0.562. The summed E-state index contributed by atoms with van der Waals surface area (Å²) in [6, 6.07) is 10.2. The molecule has 0 saturated carbocycles. The number of hydroxylamine groups is 2. The number of fused-ring (bicyclic) bond motifs is 1. The molecule has 0 bridgehead atoms. The normalized spacial score (nSPS) is 17.2. The number of likely N-dealkylation sites (tertiary alicyclic amines) is 1. The maximum atomic E-state index is 12.9. The van der Waals surface area contributed by atoms with Crippen LogP contribution >= 0.6 is 0 Å². The highest BCUT2D eigenvalue weighted by Gasteiger charge is 2.37. The van der Waals surface area contributed by atoms with Crippen LogP contribution in [0.2, 0.25) is 0 Å². The smallest absolute Gasteiger partial charge is 0.268 e. The van der Waals surface area contributed by atoms with Gasteiger partial charge >= 0.3 is 0 Å². The van der Waals surface area contributed by atoms with E-state index in [4.69, 9.17) is 4.84 Å². The average Bonchev–Trinajstić information content (AvgIpc) is 3.10. The minimum absolute atomic E-state index is 0.0451. The Morgan fingerprint density at radius 2 is 2.00 bits per heavy atom. The first-order chi connectivity index (χ1) is 11.5. The molecule has 0 spiro atoms. The second kappa shape index (κ2) is 6.49. The first-order valence-electron chi connectivity index (χ1n) is 7.88. The Hall–Kier alpha value is -2.60. The number of aromatic hydroxyl groups is 1. The summed E-state index contributed by atoms with van der Waals surface area (Å²) in [4.78, 5) is 31.7. The Bertz CT molecular complexity index is 790. The van der Waals surface area contributed by atoms with Gasteiger partial charge in [0.25, 0.3) is 11.8 Å². The minimum Gasteiger partial charge on any atom is -0.506 e. The lowest BCUT2D eigenvalue weighted by atomic mass is 10.0. The molecule has 24 heavy (non-hydrogen) atoms. The highest BCUT2D eigenvalue weighted by atomic mass is 16.7. The van der Waals surface area contributed by atoms with Gasteiger partial charge in [-0.25, -0.2) is 5.06 Å². The Morgan fingerprint density at radius 1 is 1.25 bits per heavy atom. The van der Waals surface area contributed by atoms with Gasteiger partial charge in [-0.1, -0.05) is 30.3 Å². The van der Waals surface area contributed by atoms with Crippen LogP contribution in [0.4, 0.5) is 0 Å². The van der Waals surface area contributed by atoms with Crippen LogP contribution in [0.1, 0.15) is 23.2 Å². The Morgan fingerprint density at radius 3 is 2.75 bits per heavy atom. The number of nitrogens with zero attached hydrogens (tertiary/aromatic N) is 2. The molecule has 1 atom stereocenters. The van der Waals surface area contributed by atoms with Crippen molar-refractivity contribution in [3.05, 3.63) is 42.0 Å². The standard InChI is InChI=1S/C18H20N2O4/c1-19(24-2)18(23)15-8-5-11-20(15)17(22)14-10-9-12-6-3-4-7-13(12)16(14)21/h3-4,6-7,9-10,15,21H,5,8,11H2,1-2H3/t15-/m0/s1. The van der Waals surface area contributed by atoms with Crippen LogP contribution in [-0.2, 0) is 9.63 Å². The predicted octanol–water partition coefficient (Wildman–Crippen LogP) is 2.17. The van der Waals surface area contributed by atoms with Crippen molar-refractivity contribution in [2.45, 2.75) is 18.9 Å². The van der Waals surface area contributed by atoms with E-state index in [2.05, 4.69) is 0 Å². The van der Waals surface area contributed by atoms with Crippen molar-refractivity contribution in [3.8, 4) is 5.75 Å². The number of phenolic OH excluding ortho intramolecular Hbond substituents is 1. The topological polar surface area (TPSA) is 70.1 Å². The van der Waals surface area contributed by atoms with E-state index < -0.39 is 6.04 Å². The molecule has 1 heterocycles. The molecule has 0 unspecified atom stereocenters. The van der Waals surface area contributed by atoms with Crippen molar-refractivity contribution in [1.29, 1.82) is 0 Å². The Kier molecular flexibility index (Phi) is 4.40. The van der Waals surface area contributed by atoms with Gasteiger partial charge in [0.1, 0.15) is 11.8 Å². The third kappa shape index (κ3) is 2.69. The van der Waals surface area contributed by atoms with E-state index in [1.54, 1.807) is 18.2 Å². The molecular weight excluding hydrogens is 308 g/mol. The largest absolute Gasteiger partial charge is 0.506 e. The molecule has 3 rings (SSSR count). The molecule has 6 nitrogen and oxygen atoms in total. The molecule has 1 aliphatic rings. The monoisotopic (exact) mass is 328 g/mol. The molecule has 2 aromatic rings. The number of phenols is 1. The van der Waals surface area contributed by atoms with Crippen LogP contribution in [0.5, 0.6) is 5.75 Å². The number of amides is 2. The summed E-state index contributed by atoms with van der Waals surface area (Å²) in [7, 11) is 2.94. The molecule has 1 N–H and O–H groups in total. The van der Waals surface area contributed by atoms with Crippen molar-refractivity contribution in [1.82, 2.24) is 9.96 Å². The quantitative estimate of drug-likeness (QED) is 0.877. The highest BCUT2D eigenvalue weighted by molar-refractivity contribution is 6.05. The number of rotatable bonds is 3. The molecule has 1 fully saturated rings. The fraction of sp³-hybridized carbons (Fsp3) is 0.333. The van der Waals surface area contributed by atoms with Gasteiger partial charge in [0.05, 0.1) is 12.7 Å². The van der Waals surface area contributed by atoms with Crippen LogP contribution in [-0.4, -0.2) is 53.6 Å². The zero-order chi connectivity index (χ0) is 17.3. The number of hydrogen-bond acceptors (Lipinski definition) is 4. The summed E-state index contributed by atoms with van der Waals surface area (Å²) < 4.78 is 0. The van der Waals surface area contributed by atoms with Crippen molar-refractivity contribution >= 4 is 22.6 Å². The van der Waals surface area contributed by atoms with Gasteiger partial charge in [-0.3, -0.25) is 14.4 Å². The van der Waals surface area contributed by atoms with E-state index in [9.17, 15) is 14.7 Å². The summed E-state index contributed by atoms with van der Waals surface area (Å²) >= 11 is 0. The van der Waals surface area contributed by atoms with E-state index in [-0.39, 0.29) is 23.1 Å². The third-order valence-electron chi connectivity index (χ3n) is 4.51. The number of benzene rings is 2. The summed E-state index contributed by atoms with van der Waals surface area (Å²) in [6.07, 6.45) is 1.33. The third-order valence-corrected chi connectivity index (χ3v) is 4.51. The van der Waals surface area contributed by atoms with Crippen LogP contribution < -0.4 is 0 Å². The SMILES string of the molecule is CON(C)C(=O)[C@@H]1CCCN1C(=O)c1ccc2ccccc2c1O. The molecule has 1 aliphatic heterocycles. The van der Waals surface area contributed by atoms with Crippen LogP contribution in [0, 0.1) is 0 Å². The summed E-state index contributed by atoms with van der Waals surface area (Å²) in [5.41, 5.74) is 0.216. The predicted molar refractivity (Wildman–Crippen MR) is 89.5 cm³/mol. The number of likely N-dealkylation sites (N-methyl/N-ethyl adjacent to an activating group) is 1. The molecular formula is C18H20N2O4. The van der Waals surface area contributed by atoms with E-state index in [1.165, 1.54) is 19.1 Å². The van der Waals surface area contributed by atoms with Gasteiger partial charge in [0.2, 0.25) is 0 Å². The summed E-state index contributed by atoms with van der Waals surface area (Å²) in [6.45, 7) is 0.485. The van der Waals surface area contributed by atoms with Crippen molar-refractivity contribution < 1.29 is 19.5 Å². The molecule has 126 valence electrons. The van der Waals surface area contributed by atoms with Gasteiger partial charge in [0, 0.05) is 19.0 Å². The van der Waals surface area contributed by atoms with E-state index >= 15 is 0 Å². The Labute approximate surface area is 140 Å². The lowest BCUT2D eigenvalue weighted by Crippen LogP contribution is -2.46. The summed E-state index contributed by atoms with van der Waals surface area (Å²) in [5.74, 6) is -0.640. The average molecular weight is 328 g/mol. The van der Waals surface area contributed by atoms with Crippen molar-refractivity contribution in [2.24, 2.45) is 0 Å². The van der Waals surface area contributed by atoms with Crippen LogP contribution in [0.3, 0.4) is 0 Å². The first-order valence-corrected chi connectivity index (χ1v) is 7.88. The lowest BCUT2D eigenvalue weighted by Gasteiger charge is -2.27. The molecule has 2 amide bonds. The molecule has 2 aromatic carbocycles. The fourth-order valence-electron chi connectivity index (χ4n) is 3.15. The van der Waals surface area contributed by atoms with Crippen LogP contribution in [0.25, 0.3) is 10.8 Å². The van der Waals surface area contributed by atoms with E-state index in [0.717, 1.165) is 16.9 Å². The number of carbonyl (C=O) groups is 2. The van der Waals surface area contributed by atoms with Crippen LogP contribution in [0.15, 0.2) is 36.4 Å². The molecule has 0 radical (unpaired) electrons. The Balaban J connectivity index is 1.94. The fourth-order valence-corrected chi connectivity index (χ4v) is 3.15.